The van der Waals surface area contributed by atoms with Crippen LogP contribution >= 0.6 is 0 Å². The Balaban J connectivity index is 1.69. The van der Waals surface area contributed by atoms with Gasteiger partial charge >= 0.3 is 0 Å². The van der Waals surface area contributed by atoms with Crippen molar-refractivity contribution < 1.29 is 9.59 Å². The lowest BCUT2D eigenvalue weighted by Gasteiger charge is -2.07. The molecule has 122 valence electrons. The van der Waals surface area contributed by atoms with Crippen molar-refractivity contribution in [1.82, 2.24) is 9.38 Å². The SMILES string of the molecule is CC(=O)Nc1cccc(NC(=O)Cc2cn3ccc(C)cc3n2)c1. The number of benzene rings is 1. The summed E-state index contributed by atoms with van der Waals surface area (Å²) < 4.78 is 1.90. The first-order chi connectivity index (χ1) is 11.5. The predicted octanol–water partition coefficient (Wildman–Crippen LogP) is 2.78. The summed E-state index contributed by atoms with van der Waals surface area (Å²) in [6, 6.07) is 11.0. The molecule has 2 heterocycles. The molecule has 0 unspecified atom stereocenters. The molecular formula is C18H18N4O2. The smallest absolute Gasteiger partial charge is 0.230 e. The number of carbonyl (C=O) groups is 2. The summed E-state index contributed by atoms with van der Waals surface area (Å²) in [4.78, 5) is 27.8. The van der Waals surface area contributed by atoms with Gasteiger partial charge in [-0.05, 0) is 42.8 Å². The van der Waals surface area contributed by atoms with Crippen molar-refractivity contribution in [1.29, 1.82) is 0 Å². The zero-order valence-corrected chi connectivity index (χ0v) is 13.5. The van der Waals surface area contributed by atoms with Gasteiger partial charge in [-0.15, -0.1) is 0 Å². The largest absolute Gasteiger partial charge is 0.326 e. The highest BCUT2D eigenvalue weighted by Crippen LogP contribution is 2.15. The quantitative estimate of drug-likeness (QED) is 0.775. The third-order valence-corrected chi connectivity index (χ3v) is 3.47. The van der Waals surface area contributed by atoms with Crippen LogP contribution < -0.4 is 10.6 Å². The average molecular weight is 322 g/mol. The van der Waals surface area contributed by atoms with E-state index in [-0.39, 0.29) is 18.2 Å². The molecule has 0 bridgehead atoms. The maximum Gasteiger partial charge on any atom is 0.230 e. The number of nitrogens with zero attached hydrogens (tertiary/aromatic N) is 2. The van der Waals surface area contributed by atoms with Gasteiger partial charge in [0.25, 0.3) is 0 Å². The van der Waals surface area contributed by atoms with Gasteiger partial charge < -0.3 is 15.0 Å². The molecule has 0 aliphatic carbocycles. The number of aryl methyl sites for hydroxylation is 1. The maximum absolute atomic E-state index is 12.2. The standard InChI is InChI=1S/C18H18N4O2/c1-12-6-7-22-11-16(20-17(22)8-12)10-18(24)21-15-5-3-4-14(9-15)19-13(2)23/h3-9,11H,10H2,1-2H3,(H,19,23)(H,21,24). The highest BCUT2D eigenvalue weighted by molar-refractivity contribution is 5.94. The van der Waals surface area contributed by atoms with Crippen LogP contribution in [0.25, 0.3) is 5.65 Å². The number of hydrogen-bond donors (Lipinski definition) is 2. The fourth-order valence-electron chi connectivity index (χ4n) is 2.47. The number of pyridine rings is 1. The summed E-state index contributed by atoms with van der Waals surface area (Å²) in [6.07, 6.45) is 3.96. The Morgan fingerprint density at radius 3 is 2.62 bits per heavy atom. The Kier molecular flexibility index (Phi) is 4.29. The average Bonchev–Trinajstić information content (AvgIpc) is 2.87. The van der Waals surface area contributed by atoms with Crippen LogP contribution in [0.15, 0.2) is 48.8 Å². The molecule has 0 atom stereocenters. The van der Waals surface area contributed by atoms with Crippen LogP contribution in [0, 0.1) is 6.92 Å². The van der Waals surface area contributed by atoms with Crippen molar-refractivity contribution in [3.8, 4) is 0 Å². The van der Waals surface area contributed by atoms with Crippen molar-refractivity contribution in [2.24, 2.45) is 0 Å². The Hall–Kier alpha value is -3.15. The lowest BCUT2D eigenvalue weighted by Crippen LogP contribution is -2.15. The normalized spacial score (nSPS) is 10.6. The van der Waals surface area contributed by atoms with Crippen molar-refractivity contribution in [3.05, 3.63) is 60.0 Å². The molecule has 3 aromatic rings. The highest BCUT2D eigenvalue weighted by atomic mass is 16.2. The fourth-order valence-corrected chi connectivity index (χ4v) is 2.47. The van der Waals surface area contributed by atoms with Crippen LogP contribution in [-0.2, 0) is 16.0 Å². The van der Waals surface area contributed by atoms with Gasteiger partial charge in [0.2, 0.25) is 11.8 Å². The number of rotatable bonds is 4. The molecule has 0 fully saturated rings. The van der Waals surface area contributed by atoms with Crippen LogP contribution in [0.1, 0.15) is 18.2 Å². The molecule has 0 spiro atoms. The Bertz CT molecular complexity index is 914. The van der Waals surface area contributed by atoms with E-state index in [1.54, 1.807) is 24.3 Å². The molecule has 3 rings (SSSR count). The number of nitrogens with one attached hydrogen (secondary N) is 2. The van der Waals surface area contributed by atoms with Gasteiger partial charge in [0.1, 0.15) is 5.65 Å². The molecule has 0 aliphatic rings. The molecule has 0 radical (unpaired) electrons. The van der Waals surface area contributed by atoms with E-state index < -0.39 is 0 Å². The van der Waals surface area contributed by atoms with Crippen LogP contribution in [0.3, 0.4) is 0 Å². The second-order valence-corrected chi connectivity index (χ2v) is 5.69. The zero-order chi connectivity index (χ0) is 17.1. The van der Waals surface area contributed by atoms with E-state index in [9.17, 15) is 9.59 Å². The lowest BCUT2D eigenvalue weighted by atomic mass is 10.2. The first kappa shape index (κ1) is 15.7. The molecule has 2 aromatic heterocycles. The first-order valence-corrected chi connectivity index (χ1v) is 7.61. The van der Waals surface area contributed by atoms with E-state index in [0.717, 1.165) is 11.2 Å². The minimum Gasteiger partial charge on any atom is -0.326 e. The van der Waals surface area contributed by atoms with E-state index in [2.05, 4.69) is 15.6 Å². The number of carbonyl (C=O) groups excluding carboxylic acids is 2. The summed E-state index contributed by atoms with van der Waals surface area (Å²) in [5.74, 6) is -0.312. The topological polar surface area (TPSA) is 75.5 Å². The van der Waals surface area contributed by atoms with Gasteiger partial charge in [0.15, 0.2) is 0 Å². The van der Waals surface area contributed by atoms with Crippen LogP contribution in [0.4, 0.5) is 11.4 Å². The van der Waals surface area contributed by atoms with Gasteiger partial charge in [0.05, 0.1) is 12.1 Å². The summed E-state index contributed by atoms with van der Waals surface area (Å²) in [7, 11) is 0. The maximum atomic E-state index is 12.2. The molecule has 1 aromatic carbocycles. The molecule has 6 nitrogen and oxygen atoms in total. The molecule has 0 aliphatic heterocycles. The number of imidazole rings is 1. The Morgan fingerprint density at radius 2 is 1.88 bits per heavy atom. The molecule has 2 N–H and O–H groups in total. The fraction of sp³-hybridized carbons (Fsp3) is 0.167. The number of fused-ring (bicyclic) bond motifs is 1. The Morgan fingerprint density at radius 1 is 1.12 bits per heavy atom. The minimum absolute atomic E-state index is 0.154. The zero-order valence-electron chi connectivity index (χ0n) is 13.5. The second kappa shape index (κ2) is 6.54. The van der Waals surface area contributed by atoms with Crippen molar-refractivity contribution >= 4 is 28.8 Å². The summed E-state index contributed by atoms with van der Waals surface area (Å²) >= 11 is 0. The third kappa shape index (κ3) is 3.78. The van der Waals surface area contributed by atoms with E-state index in [0.29, 0.717) is 17.1 Å². The van der Waals surface area contributed by atoms with Gasteiger partial charge in [0, 0.05) is 30.7 Å². The molecular weight excluding hydrogens is 304 g/mol. The summed E-state index contributed by atoms with van der Waals surface area (Å²) in [6.45, 7) is 3.44. The van der Waals surface area contributed by atoms with E-state index in [1.807, 2.05) is 35.9 Å². The second-order valence-electron chi connectivity index (χ2n) is 5.69. The number of anilines is 2. The van der Waals surface area contributed by atoms with Crippen molar-refractivity contribution in [3.63, 3.8) is 0 Å². The Labute approximate surface area is 139 Å². The lowest BCUT2D eigenvalue weighted by molar-refractivity contribution is -0.116. The number of hydrogen-bond acceptors (Lipinski definition) is 3. The summed E-state index contributed by atoms with van der Waals surface area (Å²) in [5.41, 5.74) is 3.93. The van der Waals surface area contributed by atoms with E-state index >= 15 is 0 Å². The molecule has 0 saturated carbocycles. The van der Waals surface area contributed by atoms with Crippen molar-refractivity contribution in [2.75, 3.05) is 10.6 Å². The van der Waals surface area contributed by atoms with Gasteiger partial charge in [-0.3, -0.25) is 9.59 Å². The first-order valence-electron chi connectivity index (χ1n) is 7.61. The summed E-state index contributed by atoms with van der Waals surface area (Å²) in [5, 5.41) is 5.51. The van der Waals surface area contributed by atoms with Crippen molar-refractivity contribution in [2.45, 2.75) is 20.3 Å². The van der Waals surface area contributed by atoms with E-state index in [1.165, 1.54) is 6.92 Å². The molecule has 2 amide bonds. The van der Waals surface area contributed by atoms with Gasteiger partial charge in [-0.2, -0.15) is 0 Å². The van der Waals surface area contributed by atoms with Crippen LogP contribution in [0.2, 0.25) is 0 Å². The highest BCUT2D eigenvalue weighted by Gasteiger charge is 2.09. The molecule has 0 saturated heterocycles. The van der Waals surface area contributed by atoms with E-state index in [4.69, 9.17) is 0 Å². The van der Waals surface area contributed by atoms with Gasteiger partial charge in [-0.1, -0.05) is 6.07 Å². The molecule has 6 heteroatoms. The van der Waals surface area contributed by atoms with Gasteiger partial charge in [-0.25, -0.2) is 4.98 Å². The number of aromatic nitrogens is 2. The third-order valence-electron chi connectivity index (χ3n) is 3.47. The van der Waals surface area contributed by atoms with Crippen LogP contribution in [-0.4, -0.2) is 21.2 Å². The monoisotopic (exact) mass is 322 g/mol. The van der Waals surface area contributed by atoms with Crippen LogP contribution in [0.5, 0.6) is 0 Å². The number of amides is 2. The predicted molar refractivity (Wildman–Crippen MR) is 93.0 cm³/mol. The minimum atomic E-state index is -0.157. The molecule has 24 heavy (non-hydrogen) atoms.